The largest absolute Gasteiger partial charge is 0.354 e. The summed E-state index contributed by atoms with van der Waals surface area (Å²) < 4.78 is 0. The number of rotatable bonds is 4. The monoisotopic (exact) mass is 362 g/mol. The minimum Gasteiger partial charge on any atom is -0.354 e. The number of likely N-dealkylation sites (N-methyl/N-ethyl adjacent to an activating group) is 1. The van der Waals surface area contributed by atoms with Gasteiger partial charge in [0.2, 0.25) is 5.91 Å². The van der Waals surface area contributed by atoms with Crippen molar-refractivity contribution in [2.75, 3.05) is 13.6 Å². The molecule has 1 aliphatic rings. The second-order valence-electron chi connectivity index (χ2n) is 6.97. The number of fused-ring (bicyclic) bond motifs is 2. The van der Waals surface area contributed by atoms with Crippen LogP contribution in [0.25, 0.3) is 10.9 Å². The van der Waals surface area contributed by atoms with E-state index in [0.717, 1.165) is 6.54 Å². The lowest BCUT2D eigenvalue weighted by Gasteiger charge is -2.33. The van der Waals surface area contributed by atoms with Crippen LogP contribution in [0, 0.1) is 0 Å². The number of nitrogens with zero attached hydrogens (tertiary/aromatic N) is 2. The maximum atomic E-state index is 12.6. The molecule has 1 atom stereocenters. The Labute approximate surface area is 157 Å². The van der Waals surface area contributed by atoms with Crippen molar-refractivity contribution in [3.63, 3.8) is 0 Å². The first-order valence-electron chi connectivity index (χ1n) is 9.14. The summed E-state index contributed by atoms with van der Waals surface area (Å²) in [5.74, 6) is 0.594. The Kier molecular flexibility index (Phi) is 4.73. The molecule has 6 heteroatoms. The van der Waals surface area contributed by atoms with E-state index in [9.17, 15) is 9.59 Å². The molecule has 1 amide bonds. The molecule has 3 aromatic rings. The number of amides is 1. The van der Waals surface area contributed by atoms with Gasteiger partial charge >= 0.3 is 0 Å². The van der Waals surface area contributed by atoms with Crippen LogP contribution in [0.2, 0.25) is 0 Å². The van der Waals surface area contributed by atoms with E-state index in [1.807, 2.05) is 37.4 Å². The molecule has 1 aromatic heterocycles. The van der Waals surface area contributed by atoms with Crippen LogP contribution in [0.15, 0.2) is 53.3 Å². The molecule has 0 bridgehead atoms. The number of benzene rings is 2. The standard InChI is InChI=1S/C21H22N4O2/c1-25-13-15-7-3-2-6-14(15)12-18(25)21(27)22-11-10-19-23-17-9-5-4-8-16(17)20(26)24-19/h2-9,18H,10-13H2,1H3,(H,22,27)(H,23,24,26). The molecule has 138 valence electrons. The zero-order chi connectivity index (χ0) is 18.8. The Balaban J connectivity index is 1.39. The Morgan fingerprint density at radius 3 is 2.78 bits per heavy atom. The Morgan fingerprint density at radius 2 is 1.93 bits per heavy atom. The molecule has 27 heavy (non-hydrogen) atoms. The smallest absolute Gasteiger partial charge is 0.258 e. The van der Waals surface area contributed by atoms with Gasteiger partial charge in [0.05, 0.1) is 16.9 Å². The van der Waals surface area contributed by atoms with Gasteiger partial charge in [0.25, 0.3) is 5.56 Å². The number of H-pyrrole nitrogens is 1. The quantitative estimate of drug-likeness (QED) is 0.740. The highest BCUT2D eigenvalue weighted by molar-refractivity contribution is 5.82. The van der Waals surface area contributed by atoms with Crippen molar-refractivity contribution < 1.29 is 4.79 Å². The Hall–Kier alpha value is -2.99. The molecular formula is C21H22N4O2. The van der Waals surface area contributed by atoms with E-state index in [-0.39, 0.29) is 17.5 Å². The lowest BCUT2D eigenvalue weighted by molar-refractivity contribution is -0.126. The first-order valence-corrected chi connectivity index (χ1v) is 9.14. The van der Waals surface area contributed by atoms with Crippen LogP contribution < -0.4 is 10.9 Å². The van der Waals surface area contributed by atoms with Gasteiger partial charge in [-0.2, -0.15) is 0 Å². The van der Waals surface area contributed by atoms with Gasteiger partial charge in [-0.1, -0.05) is 36.4 Å². The molecule has 0 aliphatic carbocycles. The number of hydrogen-bond donors (Lipinski definition) is 2. The molecule has 6 nitrogen and oxygen atoms in total. The summed E-state index contributed by atoms with van der Waals surface area (Å²) in [7, 11) is 1.97. The third-order valence-corrected chi connectivity index (χ3v) is 5.11. The maximum Gasteiger partial charge on any atom is 0.258 e. The molecular weight excluding hydrogens is 340 g/mol. The molecule has 2 aromatic carbocycles. The summed E-state index contributed by atoms with van der Waals surface area (Å²) in [6.45, 7) is 1.21. The van der Waals surface area contributed by atoms with E-state index >= 15 is 0 Å². The maximum absolute atomic E-state index is 12.6. The van der Waals surface area contributed by atoms with E-state index in [4.69, 9.17) is 0 Å². The second-order valence-corrected chi connectivity index (χ2v) is 6.97. The van der Waals surface area contributed by atoms with Crippen molar-refractivity contribution in [3.05, 3.63) is 75.8 Å². The third-order valence-electron chi connectivity index (χ3n) is 5.11. The highest BCUT2D eigenvalue weighted by atomic mass is 16.2. The van der Waals surface area contributed by atoms with E-state index in [0.29, 0.717) is 36.1 Å². The molecule has 0 spiro atoms. The number of aromatic nitrogens is 2. The SMILES string of the molecule is CN1Cc2ccccc2CC1C(=O)NCCc1nc2ccccc2c(=O)[nH]1. The predicted octanol–water partition coefficient (Wildman–Crippen LogP) is 1.64. The van der Waals surface area contributed by atoms with Gasteiger partial charge in [-0.05, 0) is 36.7 Å². The van der Waals surface area contributed by atoms with Crippen LogP contribution in [-0.4, -0.2) is 40.4 Å². The van der Waals surface area contributed by atoms with Crippen molar-refractivity contribution in [1.82, 2.24) is 20.2 Å². The fourth-order valence-electron chi connectivity index (χ4n) is 3.62. The van der Waals surface area contributed by atoms with Gasteiger partial charge in [0.1, 0.15) is 5.82 Å². The minimum absolute atomic E-state index is 0.00939. The topological polar surface area (TPSA) is 78.1 Å². The lowest BCUT2D eigenvalue weighted by atomic mass is 9.94. The van der Waals surface area contributed by atoms with Crippen molar-refractivity contribution in [2.45, 2.75) is 25.4 Å². The van der Waals surface area contributed by atoms with Gasteiger partial charge in [-0.15, -0.1) is 0 Å². The minimum atomic E-state index is -0.177. The Bertz CT molecular complexity index is 1040. The molecule has 2 heterocycles. The molecule has 4 rings (SSSR count). The summed E-state index contributed by atoms with van der Waals surface area (Å²) in [4.78, 5) is 34.1. The highest BCUT2D eigenvalue weighted by Gasteiger charge is 2.28. The molecule has 0 saturated carbocycles. The number of para-hydroxylation sites is 1. The van der Waals surface area contributed by atoms with Gasteiger partial charge in [0.15, 0.2) is 0 Å². The molecule has 0 radical (unpaired) electrons. The van der Waals surface area contributed by atoms with Crippen LogP contribution in [0.1, 0.15) is 17.0 Å². The normalized spacial score (nSPS) is 16.9. The summed E-state index contributed by atoms with van der Waals surface area (Å²) in [5.41, 5.74) is 3.04. The zero-order valence-corrected chi connectivity index (χ0v) is 15.2. The number of hydrogen-bond acceptors (Lipinski definition) is 4. The van der Waals surface area contributed by atoms with E-state index in [1.165, 1.54) is 11.1 Å². The van der Waals surface area contributed by atoms with Crippen LogP contribution in [0.3, 0.4) is 0 Å². The Morgan fingerprint density at radius 1 is 1.19 bits per heavy atom. The predicted molar refractivity (Wildman–Crippen MR) is 104 cm³/mol. The average Bonchev–Trinajstić information content (AvgIpc) is 2.67. The van der Waals surface area contributed by atoms with Crippen molar-refractivity contribution >= 4 is 16.8 Å². The average molecular weight is 362 g/mol. The van der Waals surface area contributed by atoms with Crippen LogP contribution in [-0.2, 0) is 24.2 Å². The van der Waals surface area contributed by atoms with Crippen LogP contribution in [0.4, 0.5) is 0 Å². The van der Waals surface area contributed by atoms with E-state index < -0.39 is 0 Å². The second kappa shape index (κ2) is 7.32. The van der Waals surface area contributed by atoms with Gasteiger partial charge < -0.3 is 10.3 Å². The number of nitrogens with one attached hydrogen (secondary N) is 2. The fourth-order valence-corrected chi connectivity index (χ4v) is 3.62. The summed E-state index contributed by atoms with van der Waals surface area (Å²) in [6, 6.07) is 15.3. The summed E-state index contributed by atoms with van der Waals surface area (Å²) in [5, 5.41) is 3.56. The van der Waals surface area contributed by atoms with Crippen molar-refractivity contribution in [1.29, 1.82) is 0 Å². The number of carbonyl (C=O) groups is 1. The van der Waals surface area contributed by atoms with Gasteiger partial charge in [-0.3, -0.25) is 14.5 Å². The molecule has 0 fully saturated rings. The van der Waals surface area contributed by atoms with Crippen LogP contribution in [0.5, 0.6) is 0 Å². The fraction of sp³-hybridized carbons (Fsp3) is 0.286. The van der Waals surface area contributed by atoms with E-state index in [1.54, 1.807) is 6.07 Å². The highest BCUT2D eigenvalue weighted by Crippen LogP contribution is 2.21. The molecule has 1 unspecified atom stereocenters. The molecule has 1 aliphatic heterocycles. The first-order chi connectivity index (χ1) is 13.1. The van der Waals surface area contributed by atoms with Crippen LogP contribution >= 0.6 is 0 Å². The number of carbonyl (C=O) groups excluding carboxylic acids is 1. The summed E-state index contributed by atoms with van der Waals surface area (Å²) >= 11 is 0. The van der Waals surface area contributed by atoms with Gasteiger partial charge in [-0.25, -0.2) is 4.98 Å². The van der Waals surface area contributed by atoms with Gasteiger partial charge in [0, 0.05) is 19.5 Å². The van der Waals surface area contributed by atoms with Crippen molar-refractivity contribution in [2.24, 2.45) is 0 Å². The first kappa shape index (κ1) is 17.4. The lowest BCUT2D eigenvalue weighted by Crippen LogP contribution is -2.48. The molecule has 0 saturated heterocycles. The number of aromatic amines is 1. The summed E-state index contributed by atoms with van der Waals surface area (Å²) in [6.07, 6.45) is 1.20. The molecule has 2 N–H and O–H groups in total. The van der Waals surface area contributed by atoms with E-state index in [2.05, 4.69) is 32.3 Å². The zero-order valence-electron chi connectivity index (χ0n) is 15.2. The van der Waals surface area contributed by atoms with Crippen molar-refractivity contribution in [3.8, 4) is 0 Å². The third kappa shape index (κ3) is 3.61.